The van der Waals surface area contributed by atoms with Gasteiger partial charge < -0.3 is 19.7 Å². The number of ether oxygens (including phenoxy) is 2. The lowest BCUT2D eigenvalue weighted by atomic mass is 10.1. The molecule has 1 fully saturated rings. The van der Waals surface area contributed by atoms with Crippen molar-refractivity contribution in [2.24, 2.45) is 5.92 Å². The Morgan fingerprint density at radius 1 is 1.37 bits per heavy atom. The van der Waals surface area contributed by atoms with Crippen molar-refractivity contribution in [1.82, 2.24) is 10.2 Å². The summed E-state index contributed by atoms with van der Waals surface area (Å²) in [5.74, 6) is 0.517. The first-order valence-corrected chi connectivity index (χ1v) is 7.18. The Bertz CT molecular complexity index is 284. The van der Waals surface area contributed by atoms with Gasteiger partial charge in [-0.05, 0) is 26.7 Å². The van der Waals surface area contributed by atoms with Gasteiger partial charge in [0.25, 0.3) is 0 Å². The Kier molecular flexibility index (Phi) is 6.58. The van der Waals surface area contributed by atoms with Gasteiger partial charge in [0.15, 0.2) is 0 Å². The van der Waals surface area contributed by atoms with Gasteiger partial charge in [0, 0.05) is 13.2 Å². The lowest BCUT2D eigenvalue weighted by molar-refractivity contribution is -0.0383. The summed E-state index contributed by atoms with van der Waals surface area (Å²) in [6.07, 6.45) is 0.0898. The highest BCUT2D eigenvalue weighted by molar-refractivity contribution is 5.75. The second kappa shape index (κ2) is 7.70. The van der Waals surface area contributed by atoms with E-state index < -0.39 is 0 Å². The number of hydrogen-bond donors (Lipinski definition) is 1. The maximum Gasteiger partial charge on any atom is 0.318 e. The minimum atomic E-state index is -0.0247. The Balaban J connectivity index is 2.32. The van der Waals surface area contributed by atoms with Gasteiger partial charge in [-0.2, -0.15) is 0 Å². The van der Waals surface area contributed by atoms with Gasteiger partial charge in [-0.3, -0.25) is 0 Å². The van der Waals surface area contributed by atoms with E-state index in [0.29, 0.717) is 25.7 Å². The summed E-state index contributed by atoms with van der Waals surface area (Å²) in [5, 5.41) is 2.98. The largest absolute Gasteiger partial charge is 0.379 e. The predicted molar refractivity (Wildman–Crippen MR) is 75.2 cm³/mol. The maximum absolute atomic E-state index is 12.2. The van der Waals surface area contributed by atoms with E-state index in [1.54, 1.807) is 0 Å². The number of urea groups is 1. The van der Waals surface area contributed by atoms with Crippen LogP contribution in [-0.2, 0) is 9.47 Å². The van der Waals surface area contributed by atoms with Crippen molar-refractivity contribution >= 4 is 6.03 Å². The highest BCUT2D eigenvalue weighted by Gasteiger charge is 2.29. The van der Waals surface area contributed by atoms with Gasteiger partial charge in [0.1, 0.15) is 0 Å². The quantitative estimate of drug-likeness (QED) is 0.831. The smallest absolute Gasteiger partial charge is 0.318 e. The van der Waals surface area contributed by atoms with Crippen molar-refractivity contribution in [3.8, 4) is 0 Å². The third kappa shape index (κ3) is 5.37. The number of carbonyl (C=O) groups is 1. The fraction of sp³-hybridized carbons (Fsp3) is 0.929. The van der Waals surface area contributed by atoms with Crippen LogP contribution >= 0.6 is 0 Å². The second-order valence-corrected chi connectivity index (χ2v) is 5.79. The van der Waals surface area contributed by atoms with Crippen LogP contribution in [0.3, 0.4) is 0 Å². The summed E-state index contributed by atoms with van der Waals surface area (Å²) < 4.78 is 11.1. The maximum atomic E-state index is 12.2. The van der Waals surface area contributed by atoms with E-state index in [2.05, 4.69) is 19.2 Å². The molecular weight excluding hydrogens is 244 g/mol. The van der Waals surface area contributed by atoms with Crippen LogP contribution in [0.5, 0.6) is 0 Å². The van der Waals surface area contributed by atoms with Crippen LogP contribution in [0.4, 0.5) is 4.79 Å². The van der Waals surface area contributed by atoms with Gasteiger partial charge in [-0.1, -0.05) is 13.8 Å². The number of nitrogens with zero attached hydrogens (tertiary/aromatic N) is 1. The highest BCUT2D eigenvalue weighted by atomic mass is 16.5. The molecule has 0 bridgehead atoms. The van der Waals surface area contributed by atoms with Crippen LogP contribution in [0.2, 0.25) is 0 Å². The molecule has 0 unspecified atom stereocenters. The minimum absolute atomic E-state index is 0.0246. The number of morpholine rings is 1. The normalized spacial score (nSPS) is 25.5. The molecule has 3 atom stereocenters. The lowest BCUT2D eigenvalue weighted by Crippen LogP contribution is -2.56. The van der Waals surface area contributed by atoms with E-state index in [4.69, 9.17) is 9.47 Å². The van der Waals surface area contributed by atoms with E-state index in [1.165, 1.54) is 0 Å². The second-order valence-electron chi connectivity index (χ2n) is 5.79. The highest BCUT2D eigenvalue weighted by Crippen LogP contribution is 2.13. The van der Waals surface area contributed by atoms with Gasteiger partial charge in [0.05, 0.1) is 31.4 Å². The molecular formula is C14H28N2O3. The zero-order chi connectivity index (χ0) is 14.4. The average Bonchev–Trinajstić information content (AvgIpc) is 2.31. The Morgan fingerprint density at radius 2 is 2.05 bits per heavy atom. The Hall–Kier alpha value is -0.810. The number of nitrogens with one attached hydrogen (secondary N) is 1. The van der Waals surface area contributed by atoms with Gasteiger partial charge in [-0.25, -0.2) is 4.79 Å². The molecule has 1 N–H and O–H groups in total. The molecule has 1 rings (SSSR count). The van der Waals surface area contributed by atoms with Gasteiger partial charge >= 0.3 is 6.03 Å². The van der Waals surface area contributed by atoms with Crippen LogP contribution in [0.15, 0.2) is 0 Å². The molecule has 0 radical (unpaired) electrons. The van der Waals surface area contributed by atoms with Gasteiger partial charge in [0.2, 0.25) is 0 Å². The van der Waals surface area contributed by atoms with Crippen LogP contribution in [-0.4, -0.2) is 55.5 Å². The summed E-state index contributed by atoms with van der Waals surface area (Å²) in [6, 6.07) is 0.109. The molecule has 5 heteroatoms. The molecule has 1 saturated heterocycles. The SMILES string of the molecule is CC(C)COC[C@H](C)NC(=O)N1CCO[C@@H](C)[C@@H]1C. The molecule has 0 aromatic carbocycles. The number of hydrogen-bond acceptors (Lipinski definition) is 3. The molecule has 0 aliphatic carbocycles. The summed E-state index contributed by atoms with van der Waals surface area (Å²) in [5.41, 5.74) is 0. The molecule has 19 heavy (non-hydrogen) atoms. The van der Waals surface area contributed by atoms with Crippen LogP contribution < -0.4 is 5.32 Å². The summed E-state index contributed by atoms with van der Waals surface area (Å²) in [7, 11) is 0. The van der Waals surface area contributed by atoms with Gasteiger partial charge in [-0.15, -0.1) is 0 Å². The van der Waals surface area contributed by atoms with Crippen LogP contribution in [0.1, 0.15) is 34.6 Å². The van der Waals surface area contributed by atoms with Crippen molar-refractivity contribution in [3.63, 3.8) is 0 Å². The van der Waals surface area contributed by atoms with Crippen molar-refractivity contribution < 1.29 is 14.3 Å². The first kappa shape index (κ1) is 16.2. The van der Waals surface area contributed by atoms with Crippen molar-refractivity contribution in [2.45, 2.75) is 52.8 Å². The fourth-order valence-electron chi connectivity index (χ4n) is 2.04. The lowest BCUT2D eigenvalue weighted by Gasteiger charge is -2.38. The summed E-state index contributed by atoms with van der Waals surface area (Å²) >= 11 is 0. The number of amides is 2. The predicted octanol–water partition coefficient (Wildman–Crippen LogP) is 1.87. The van der Waals surface area contributed by atoms with Crippen LogP contribution in [0, 0.1) is 5.92 Å². The van der Waals surface area contributed by atoms with Crippen molar-refractivity contribution in [3.05, 3.63) is 0 Å². The van der Waals surface area contributed by atoms with E-state index in [0.717, 1.165) is 6.61 Å². The standard InChI is InChI=1S/C14H28N2O3/c1-10(2)8-18-9-11(3)15-14(17)16-6-7-19-13(5)12(16)4/h10-13H,6-9H2,1-5H3,(H,15,17)/t11-,12-,13-/m0/s1. The molecule has 1 aliphatic rings. The summed E-state index contributed by atoms with van der Waals surface area (Å²) in [4.78, 5) is 14.0. The number of carbonyl (C=O) groups excluding carboxylic acids is 1. The molecule has 0 spiro atoms. The first-order valence-electron chi connectivity index (χ1n) is 7.18. The molecule has 112 valence electrons. The first-order chi connectivity index (χ1) is 8.91. The van der Waals surface area contributed by atoms with E-state index in [9.17, 15) is 4.79 Å². The zero-order valence-electron chi connectivity index (χ0n) is 12.8. The van der Waals surface area contributed by atoms with E-state index >= 15 is 0 Å². The molecule has 2 amide bonds. The zero-order valence-corrected chi connectivity index (χ0v) is 12.8. The molecule has 0 saturated carbocycles. The Morgan fingerprint density at radius 3 is 2.68 bits per heavy atom. The van der Waals surface area contributed by atoms with Crippen LogP contribution in [0.25, 0.3) is 0 Å². The van der Waals surface area contributed by atoms with Crippen molar-refractivity contribution in [2.75, 3.05) is 26.4 Å². The average molecular weight is 272 g/mol. The van der Waals surface area contributed by atoms with E-state index in [1.807, 2.05) is 25.7 Å². The Labute approximate surface area is 116 Å². The molecule has 1 aliphatic heterocycles. The third-order valence-electron chi connectivity index (χ3n) is 3.33. The molecule has 0 aromatic heterocycles. The molecule has 1 heterocycles. The molecule has 5 nitrogen and oxygen atoms in total. The third-order valence-corrected chi connectivity index (χ3v) is 3.33. The van der Waals surface area contributed by atoms with E-state index in [-0.39, 0.29) is 24.2 Å². The minimum Gasteiger partial charge on any atom is -0.379 e. The molecule has 0 aromatic rings. The summed E-state index contributed by atoms with van der Waals surface area (Å²) in [6.45, 7) is 12.7. The topological polar surface area (TPSA) is 50.8 Å². The van der Waals surface area contributed by atoms with Crippen molar-refractivity contribution in [1.29, 1.82) is 0 Å². The fourth-order valence-corrected chi connectivity index (χ4v) is 2.04. The number of rotatable bonds is 5. The monoisotopic (exact) mass is 272 g/mol.